The van der Waals surface area contributed by atoms with E-state index in [0.29, 0.717) is 5.92 Å². The van der Waals surface area contributed by atoms with E-state index in [1.807, 2.05) is 11.3 Å². The van der Waals surface area contributed by atoms with Crippen LogP contribution in [0.2, 0.25) is 0 Å². The molecule has 0 saturated carbocycles. The summed E-state index contributed by atoms with van der Waals surface area (Å²) in [4.78, 5) is 2.81. The smallest absolute Gasteiger partial charge is 0.0299 e. The normalized spacial score (nSPS) is 13.1. The van der Waals surface area contributed by atoms with Crippen molar-refractivity contribution in [3.05, 3.63) is 21.9 Å². The van der Waals surface area contributed by atoms with E-state index in [2.05, 4.69) is 31.3 Å². The molecule has 1 unspecified atom stereocenters. The third kappa shape index (κ3) is 4.22. The molecule has 1 atom stereocenters. The summed E-state index contributed by atoms with van der Waals surface area (Å²) in [5.41, 5.74) is 5.54. The number of nitrogens with two attached hydrogens (primary N) is 1. The summed E-state index contributed by atoms with van der Waals surface area (Å²) in [5, 5.41) is 3.44. The summed E-state index contributed by atoms with van der Waals surface area (Å²) in [6.07, 6.45) is 1.17. The summed E-state index contributed by atoms with van der Waals surface area (Å²) in [7, 11) is 0. The van der Waals surface area contributed by atoms with Crippen molar-refractivity contribution < 1.29 is 0 Å². The molecule has 1 rings (SSSR count). The van der Waals surface area contributed by atoms with E-state index in [1.54, 1.807) is 0 Å². The van der Waals surface area contributed by atoms with Crippen LogP contribution in [0.1, 0.15) is 23.1 Å². The molecular weight excluding hydrogens is 192 g/mol. The Morgan fingerprint density at radius 2 is 2.29 bits per heavy atom. The molecule has 80 valence electrons. The van der Waals surface area contributed by atoms with Gasteiger partial charge < -0.3 is 11.1 Å². The van der Waals surface area contributed by atoms with Crippen LogP contribution in [-0.4, -0.2) is 13.1 Å². The fourth-order valence-corrected chi connectivity index (χ4v) is 2.12. The molecule has 0 saturated heterocycles. The average molecular weight is 212 g/mol. The first-order valence-corrected chi connectivity index (χ1v) is 6.00. The maximum Gasteiger partial charge on any atom is 0.0299 e. The Morgan fingerprint density at radius 1 is 1.50 bits per heavy atom. The number of aryl methyl sites for hydroxylation is 1. The Morgan fingerprint density at radius 3 is 2.86 bits per heavy atom. The van der Waals surface area contributed by atoms with Gasteiger partial charge in [0.2, 0.25) is 0 Å². The predicted molar refractivity (Wildman–Crippen MR) is 63.6 cm³/mol. The first kappa shape index (κ1) is 11.7. The van der Waals surface area contributed by atoms with Gasteiger partial charge in [-0.15, -0.1) is 11.3 Å². The SMILES string of the molecule is Cc1ccc(CNCCC(C)CN)s1. The molecule has 14 heavy (non-hydrogen) atoms. The van der Waals surface area contributed by atoms with E-state index < -0.39 is 0 Å². The van der Waals surface area contributed by atoms with E-state index in [4.69, 9.17) is 5.73 Å². The van der Waals surface area contributed by atoms with E-state index in [9.17, 15) is 0 Å². The Balaban J connectivity index is 2.10. The van der Waals surface area contributed by atoms with Gasteiger partial charge in [-0.25, -0.2) is 0 Å². The standard InChI is InChI=1S/C11H20N2S/c1-9(7-12)5-6-13-8-11-4-3-10(2)14-11/h3-4,9,13H,5-8,12H2,1-2H3. The lowest BCUT2D eigenvalue weighted by Crippen LogP contribution is -2.20. The van der Waals surface area contributed by atoms with Crippen LogP contribution in [-0.2, 0) is 6.54 Å². The van der Waals surface area contributed by atoms with Gasteiger partial charge >= 0.3 is 0 Å². The zero-order valence-electron chi connectivity index (χ0n) is 9.05. The third-order valence-corrected chi connectivity index (χ3v) is 3.31. The lowest BCUT2D eigenvalue weighted by Gasteiger charge is -2.08. The van der Waals surface area contributed by atoms with Gasteiger partial charge in [-0.05, 0) is 44.5 Å². The molecule has 0 aliphatic heterocycles. The highest BCUT2D eigenvalue weighted by molar-refractivity contribution is 7.11. The van der Waals surface area contributed by atoms with E-state index in [0.717, 1.165) is 19.6 Å². The quantitative estimate of drug-likeness (QED) is 0.709. The summed E-state index contributed by atoms with van der Waals surface area (Å²) in [6, 6.07) is 4.36. The van der Waals surface area contributed by atoms with Crippen LogP contribution in [0.5, 0.6) is 0 Å². The van der Waals surface area contributed by atoms with Crippen LogP contribution < -0.4 is 11.1 Å². The van der Waals surface area contributed by atoms with Crippen LogP contribution in [0.3, 0.4) is 0 Å². The molecular formula is C11H20N2S. The Bertz CT molecular complexity index is 258. The van der Waals surface area contributed by atoms with Crippen molar-refractivity contribution in [3.63, 3.8) is 0 Å². The average Bonchev–Trinajstić information content (AvgIpc) is 2.58. The van der Waals surface area contributed by atoms with Gasteiger partial charge in [0.25, 0.3) is 0 Å². The lowest BCUT2D eigenvalue weighted by atomic mass is 10.1. The summed E-state index contributed by atoms with van der Waals surface area (Å²) < 4.78 is 0. The highest BCUT2D eigenvalue weighted by Crippen LogP contribution is 2.14. The fourth-order valence-electron chi connectivity index (χ4n) is 1.26. The summed E-state index contributed by atoms with van der Waals surface area (Å²) >= 11 is 1.87. The zero-order chi connectivity index (χ0) is 10.4. The number of nitrogens with one attached hydrogen (secondary N) is 1. The van der Waals surface area contributed by atoms with Crippen molar-refractivity contribution >= 4 is 11.3 Å². The molecule has 1 aromatic heterocycles. The first-order chi connectivity index (χ1) is 6.72. The molecule has 0 fully saturated rings. The maximum absolute atomic E-state index is 5.54. The molecule has 1 aromatic rings. The Labute approximate surface area is 90.5 Å². The highest BCUT2D eigenvalue weighted by atomic mass is 32.1. The van der Waals surface area contributed by atoms with Crippen LogP contribution in [0.4, 0.5) is 0 Å². The van der Waals surface area contributed by atoms with Crippen molar-refractivity contribution in [1.29, 1.82) is 0 Å². The third-order valence-electron chi connectivity index (χ3n) is 2.31. The number of hydrogen-bond acceptors (Lipinski definition) is 3. The molecule has 0 aliphatic carbocycles. The molecule has 3 heteroatoms. The van der Waals surface area contributed by atoms with Gasteiger partial charge in [-0.3, -0.25) is 0 Å². The first-order valence-electron chi connectivity index (χ1n) is 5.18. The summed E-state index contributed by atoms with van der Waals surface area (Å²) in [5.74, 6) is 0.632. The van der Waals surface area contributed by atoms with Crippen LogP contribution in [0.25, 0.3) is 0 Å². The molecule has 1 heterocycles. The van der Waals surface area contributed by atoms with Gasteiger partial charge in [0, 0.05) is 16.3 Å². The van der Waals surface area contributed by atoms with Gasteiger partial charge in [0.05, 0.1) is 0 Å². The van der Waals surface area contributed by atoms with Gasteiger partial charge in [0.15, 0.2) is 0 Å². The van der Waals surface area contributed by atoms with Crippen molar-refractivity contribution in [3.8, 4) is 0 Å². The monoisotopic (exact) mass is 212 g/mol. The number of thiophene rings is 1. The number of hydrogen-bond donors (Lipinski definition) is 2. The van der Waals surface area contributed by atoms with E-state index in [-0.39, 0.29) is 0 Å². The van der Waals surface area contributed by atoms with Crippen molar-refractivity contribution in [2.75, 3.05) is 13.1 Å². The van der Waals surface area contributed by atoms with Crippen LogP contribution >= 0.6 is 11.3 Å². The van der Waals surface area contributed by atoms with Crippen molar-refractivity contribution in [1.82, 2.24) is 5.32 Å². The second-order valence-electron chi connectivity index (χ2n) is 3.82. The largest absolute Gasteiger partial charge is 0.330 e. The molecule has 0 spiro atoms. The minimum Gasteiger partial charge on any atom is -0.330 e. The minimum absolute atomic E-state index is 0.632. The van der Waals surface area contributed by atoms with Gasteiger partial charge in [-0.1, -0.05) is 6.92 Å². The molecule has 0 radical (unpaired) electrons. The van der Waals surface area contributed by atoms with Crippen LogP contribution in [0.15, 0.2) is 12.1 Å². The lowest BCUT2D eigenvalue weighted by molar-refractivity contribution is 0.510. The topological polar surface area (TPSA) is 38.0 Å². The maximum atomic E-state index is 5.54. The zero-order valence-corrected chi connectivity index (χ0v) is 9.86. The highest BCUT2D eigenvalue weighted by Gasteiger charge is 1.99. The fraction of sp³-hybridized carbons (Fsp3) is 0.636. The second-order valence-corrected chi connectivity index (χ2v) is 5.19. The Kier molecular flexibility index (Phi) is 5.15. The van der Waals surface area contributed by atoms with Gasteiger partial charge in [0.1, 0.15) is 0 Å². The second kappa shape index (κ2) is 6.17. The molecule has 0 bridgehead atoms. The molecule has 0 aromatic carbocycles. The minimum atomic E-state index is 0.632. The van der Waals surface area contributed by atoms with Crippen molar-refractivity contribution in [2.24, 2.45) is 11.7 Å². The predicted octanol–water partition coefficient (Wildman–Crippen LogP) is 2.13. The molecule has 2 nitrogen and oxygen atoms in total. The van der Waals surface area contributed by atoms with Gasteiger partial charge in [-0.2, -0.15) is 0 Å². The Hall–Kier alpha value is -0.380. The molecule has 3 N–H and O–H groups in total. The molecule has 0 aliphatic rings. The van der Waals surface area contributed by atoms with E-state index >= 15 is 0 Å². The van der Waals surface area contributed by atoms with Crippen LogP contribution in [0, 0.1) is 12.8 Å². The van der Waals surface area contributed by atoms with Crippen molar-refractivity contribution in [2.45, 2.75) is 26.8 Å². The number of rotatable bonds is 6. The summed E-state index contributed by atoms with van der Waals surface area (Å²) in [6.45, 7) is 7.19. The van der Waals surface area contributed by atoms with E-state index in [1.165, 1.54) is 16.2 Å². The molecule has 0 amide bonds.